The van der Waals surface area contributed by atoms with Crippen LogP contribution in [0.1, 0.15) is 12.5 Å². The number of rotatable bonds is 7. The molecular weight excluding hydrogens is 402 g/mol. The summed E-state index contributed by atoms with van der Waals surface area (Å²) in [6.07, 6.45) is 1.47. The lowest BCUT2D eigenvalue weighted by atomic mass is 10.2. The van der Waals surface area contributed by atoms with Gasteiger partial charge in [0.05, 0.1) is 19.9 Å². The third-order valence-electron chi connectivity index (χ3n) is 3.12. The summed E-state index contributed by atoms with van der Waals surface area (Å²) in [5, 5.41) is 6.89. The number of amides is 1. The van der Waals surface area contributed by atoms with Gasteiger partial charge in [0.1, 0.15) is 0 Å². The van der Waals surface area contributed by atoms with Crippen LogP contribution in [0.5, 0.6) is 11.5 Å². The highest BCUT2D eigenvalue weighted by Crippen LogP contribution is 2.27. The van der Waals surface area contributed by atoms with Crippen LogP contribution in [0.15, 0.2) is 52.0 Å². The number of anilines is 1. The fourth-order valence-corrected chi connectivity index (χ4v) is 2.40. The summed E-state index contributed by atoms with van der Waals surface area (Å²) in [6, 6.07) is 12.4. The number of carbonyl (C=O) groups excluding carboxylic acids is 2. The molecule has 8 heteroatoms. The molecule has 0 saturated heterocycles. The van der Waals surface area contributed by atoms with E-state index in [1.807, 2.05) is 24.3 Å². The van der Waals surface area contributed by atoms with E-state index in [1.165, 1.54) is 20.2 Å². The summed E-state index contributed by atoms with van der Waals surface area (Å²) < 4.78 is 11.1. The zero-order valence-corrected chi connectivity index (χ0v) is 15.9. The van der Waals surface area contributed by atoms with Gasteiger partial charge >= 0.3 is 5.97 Å². The first kappa shape index (κ1) is 19.5. The summed E-state index contributed by atoms with van der Waals surface area (Å²) >= 11 is 3.36. The van der Waals surface area contributed by atoms with Crippen LogP contribution >= 0.6 is 15.9 Å². The van der Waals surface area contributed by atoms with Crippen molar-refractivity contribution in [2.45, 2.75) is 6.92 Å². The Balaban J connectivity index is 1.89. The molecule has 7 nitrogen and oxygen atoms in total. The van der Waals surface area contributed by atoms with E-state index in [2.05, 4.69) is 31.8 Å². The lowest BCUT2D eigenvalue weighted by Crippen LogP contribution is -2.25. The van der Waals surface area contributed by atoms with Gasteiger partial charge in [-0.1, -0.05) is 22.0 Å². The Morgan fingerprint density at radius 3 is 2.69 bits per heavy atom. The van der Waals surface area contributed by atoms with Crippen LogP contribution in [-0.2, 0) is 9.59 Å². The molecule has 2 rings (SSSR count). The second-order valence-corrected chi connectivity index (χ2v) is 6.08. The van der Waals surface area contributed by atoms with Crippen molar-refractivity contribution in [2.24, 2.45) is 5.10 Å². The number of nitrogens with zero attached hydrogens (tertiary/aromatic N) is 1. The van der Waals surface area contributed by atoms with E-state index in [1.54, 1.807) is 18.2 Å². The molecule has 0 unspecified atom stereocenters. The van der Waals surface area contributed by atoms with Crippen LogP contribution in [0.4, 0.5) is 5.69 Å². The van der Waals surface area contributed by atoms with Gasteiger partial charge in [-0.3, -0.25) is 9.59 Å². The zero-order valence-electron chi connectivity index (χ0n) is 14.3. The largest absolute Gasteiger partial charge is 0.493 e. The average Bonchev–Trinajstić information content (AvgIpc) is 2.61. The van der Waals surface area contributed by atoms with Gasteiger partial charge in [0.15, 0.2) is 11.5 Å². The van der Waals surface area contributed by atoms with E-state index in [9.17, 15) is 9.59 Å². The monoisotopic (exact) mass is 419 g/mol. The average molecular weight is 420 g/mol. The van der Waals surface area contributed by atoms with Crippen molar-refractivity contribution in [2.75, 3.05) is 19.0 Å². The maximum atomic E-state index is 11.8. The number of hydrogen-bond acceptors (Lipinski definition) is 6. The number of benzene rings is 2. The standard InChI is InChI=1S/C18H18BrN3O4/c1-12(23)26-16-7-6-13(8-17(16)25-2)10-21-22-18(24)11-20-15-5-3-4-14(19)9-15/h3-10,20H,11H2,1-2H3,(H,22,24)/b21-10+. The maximum absolute atomic E-state index is 11.8. The van der Waals surface area contributed by atoms with Crippen molar-refractivity contribution in [1.82, 2.24) is 5.43 Å². The molecular formula is C18H18BrN3O4. The number of hydrazone groups is 1. The number of ether oxygens (including phenoxy) is 2. The molecule has 26 heavy (non-hydrogen) atoms. The molecule has 0 aliphatic rings. The van der Waals surface area contributed by atoms with Crippen molar-refractivity contribution < 1.29 is 19.1 Å². The van der Waals surface area contributed by atoms with Gasteiger partial charge in [-0.25, -0.2) is 5.43 Å². The predicted molar refractivity (Wildman–Crippen MR) is 103 cm³/mol. The number of carbonyl (C=O) groups is 2. The van der Waals surface area contributed by atoms with E-state index in [4.69, 9.17) is 9.47 Å². The number of esters is 1. The second kappa shape index (κ2) is 9.57. The molecule has 2 aromatic carbocycles. The Labute approximate surface area is 159 Å². The summed E-state index contributed by atoms with van der Waals surface area (Å²) in [5.41, 5.74) is 3.93. The van der Waals surface area contributed by atoms with E-state index in [0.29, 0.717) is 17.1 Å². The van der Waals surface area contributed by atoms with Crippen molar-refractivity contribution in [3.8, 4) is 11.5 Å². The topological polar surface area (TPSA) is 89.0 Å². The number of nitrogens with one attached hydrogen (secondary N) is 2. The summed E-state index contributed by atoms with van der Waals surface area (Å²) in [6.45, 7) is 1.40. The van der Waals surface area contributed by atoms with Gasteiger partial charge < -0.3 is 14.8 Å². The van der Waals surface area contributed by atoms with Crippen LogP contribution in [0.3, 0.4) is 0 Å². The molecule has 0 spiro atoms. The Kier molecular flexibility index (Phi) is 7.16. The first-order valence-electron chi connectivity index (χ1n) is 7.65. The van der Waals surface area contributed by atoms with Crippen LogP contribution in [0.25, 0.3) is 0 Å². The lowest BCUT2D eigenvalue weighted by Gasteiger charge is -2.08. The SMILES string of the molecule is COc1cc(/C=N/NC(=O)CNc2cccc(Br)c2)ccc1OC(C)=O. The minimum Gasteiger partial charge on any atom is -0.493 e. The van der Waals surface area contributed by atoms with E-state index >= 15 is 0 Å². The minimum atomic E-state index is -0.435. The Morgan fingerprint density at radius 1 is 1.19 bits per heavy atom. The Hall–Kier alpha value is -2.87. The first-order valence-corrected chi connectivity index (χ1v) is 8.45. The van der Waals surface area contributed by atoms with Gasteiger partial charge in [-0.15, -0.1) is 0 Å². The highest BCUT2D eigenvalue weighted by atomic mass is 79.9. The molecule has 0 aromatic heterocycles. The summed E-state index contributed by atoms with van der Waals surface area (Å²) in [5.74, 6) is -0.00847. The van der Waals surface area contributed by atoms with Crippen LogP contribution < -0.4 is 20.2 Å². The fraction of sp³-hybridized carbons (Fsp3) is 0.167. The lowest BCUT2D eigenvalue weighted by molar-refractivity contribution is -0.132. The number of halogens is 1. The van der Waals surface area contributed by atoms with E-state index in [-0.39, 0.29) is 12.5 Å². The number of methoxy groups -OCH3 is 1. The highest BCUT2D eigenvalue weighted by Gasteiger charge is 2.07. The van der Waals surface area contributed by atoms with Gasteiger partial charge in [0.2, 0.25) is 0 Å². The second-order valence-electron chi connectivity index (χ2n) is 5.16. The molecule has 0 heterocycles. The molecule has 2 N–H and O–H groups in total. The third-order valence-corrected chi connectivity index (χ3v) is 3.62. The molecule has 0 atom stereocenters. The molecule has 0 fully saturated rings. The van der Waals surface area contributed by atoms with Crippen LogP contribution in [-0.4, -0.2) is 31.7 Å². The van der Waals surface area contributed by atoms with Gasteiger partial charge in [-0.05, 0) is 42.0 Å². The predicted octanol–water partition coefficient (Wildman–Crippen LogP) is 2.95. The molecule has 0 radical (unpaired) electrons. The molecule has 0 bridgehead atoms. The van der Waals surface area contributed by atoms with E-state index < -0.39 is 5.97 Å². The smallest absolute Gasteiger partial charge is 0.308 e. The minimum absolute atomic E-state index is 0.0858. The molecule has 0 saturated carbocycles. The van der Waals surface area contributed by atoms with Crippen LogP contribution in [0, 0.1) is 0 Å². The summed E-state index contributed by atoms with van der Waals surface area (Å²) in [7, 11) is 1.47. The van der Waals surface area contributed by atoms with Crippen molar-refractivity contribution in [1.29, 1.82) is 0 Å². The number of hydrogen-bond donors (Lipinski definition) is 2. The summed E-state index contributed by atoms with van der Waals surface area (Å²) in [4.78, 5) is 22.8. The van der Waals surface area contributed by atoms with Crippen molar-refractivity contribution >= 4 is 39.7 Å². The highest BCUT2D eigenvalue weighted by molar-refractivity contribution is 9.10. The van der Waals surface area contributed by atoms with Crippen molar-refractivity contribution in [3.05, 3.63) is 52.5 Å². The van der Waals surface area contributed by atoms with E-state index in [0.717, 1.165) is 10.2 Å². The van der Waals surface area contributed by atoms with Crippen LogP contribution in [0.2, 0.25) is 0 Å². The van der Waals surface area contributed by atoms with Gasteiger partial charge in [-0.2, -0.15) is 5.10 Å². The molecule has 1 amide bonds. The van der Waals surface area contributed by atoms with Crippen molar-refractivity contribution in [3.63, 3.8) is 0 Å². The quantitative estimate of drug-likeness (QED) is 0.311. The molecule has 0 aliphatic carbocycles. The third kappa shape index (κ3) is 6.21. The molecule has 0 aliphatic heterocycles. The Bertz CT molecular complexity index is 824. The normalized spacial score (nSPS) is 10.4. The van der Waals surface area contributed by atoms with Gasteiger partial charge in [0, 0.05) is 17.1 Å². The first-order chi connectivity index (χ1) is 12.5. The Morgan fingerprint density at radius 2 is 2.00 bits per heavy atom. The maximum Gasteiger partial charge on any atom is 0.308 e. The fourth-order valence-electron chi connectivity index (χ4n) is 2.00. The van der Waals surface area contributed by atoms with Gasteiger partial charge in [0.25, 0.3) is 5.91 Å². The molecule has 136 valence electrons. The molecule has 2 aromatic rings. The zero-order chi connectivity index (χ0) is 18.9.